The van der Waals surface area contributed by atoms with Crippen molar-refractivity contribution >= 4 is 40.9 Å². The molecular formula is C19H16N2O5S. The van der Waals surface area contributed by atoms with Gasteiger partial charge in [-0.25, -0.2) is 0 Å². The highest BCUT2D eigenvalue weighted by atomic mass is 32.1. The van der Waals surface area contributed by atoms with E-state index >= 15 is 0 Å². The average Bonchev–Trinajstić information content (AvgIpc) is 2.65. The second-order valence-electron chi connectivity index (χ2n) is 5.59. The normalized spacial score (nSPS) is 15.7. The molecule has 0 aliphatic carbocycles. The molecule has 1 heterocycles. The number of nitrogens with zero attached hydrogens (tertiary/aromatic N) is 1. The number of carbonyl (C=O) groups excluding carboxylic acids is 2. The highest BCUT2D eigenvalue weighted by Gasteiger charge is 2.34. The first-order chi connectivity index (χ1) is 12.9. The van der Waals surface area contributed by atoms with Crippen LogP contribution in [0.1, 0.15) is 5.56 Å². The molecule has 1 aliphatic heterocycles. The zero-order valence-corrected chi connectivity index (χ0v) is 15.4. The van der Waals surface area contributed by atoms with Crippen molar-refractivity contribution < 1.29 is 24.2 Å². The number of anilines is 1. The first-order valence-electron chi connectivity index (χ1n) is 7.87. The fourth-order valence-electron chi connectivity index (χ4n) is 2.59. The summed E-state index contributed by atoms with van der Waals surface area (Å²) in [6, 6.07) is 11.3. The number of hydrogen-bond donors (Lipinski definition) is 2. The van der Waals surface area contributed by atoms with E-state index in [2.05, 4.69) is 5.32 Å². The first-order valence-corrected chi connectivity index (χ1v) is 8.28. The van der Waals surface area contributed by atoms with Crippen LogP contribution in [0.3, 0.4) is 0 Å². The van der Waals surface area contributed by atoms with Gasteiger partial charge in [0.05, 0.1) is 19.9 Å². The zero-order chi connectivity index (χ0) is 19.6. The number of rotatable bonds is 4. The number of methoxy groups -OCH3 is 2. The van der Waals surface area contributed by atoms with E-state index in [9.17, 15) is 14.7 Å². The summed E-state index contributed by atoms with van der Waals surface area (Å²) in [5.41, 5.74) is 0.854. The molecule has 1 aliphatic rings. The van der Waals surface area contributed by atoms with Gasteiger partial charge in [-0.3, -0.25) is 19.8 Å². The number of aromatic hydroxyl groups is 1. The number of phenols is 1. The Bertz CT molecular complexity index is 953. The van der Waals surface area contributed by atoms with Crippen LogP contribution >= 0.6 is 12.2 Å². The number of phenolic OH excluding ortho intramolecular Hbond substituents is 1. The number of thiocarbonyl (C=S) groups is 1. The van der Waals surface area contributed by atoms with Crippen molar-refractivity contribution in [2.24, 2.45) is 0 Å². The van der Waals surface area contributed by atoms with Crippen molar-refractivity contribution in [1.82, 2.24) is 5.32 Å². The molecule has 1 saturated heterocycles. The van der Waals surface area contributed by atoms with E-state index in [0.29, 0.717) is 17.0 Å². The summed E-state index contributed by atoms with van der Waals surface area (Å²) in [4.78, 5) is 26.4. The van der Waals surface area contributed by atoms with Gasteiger partial charge in [-0.1, -0.05) is 6.07 Å². The van der Waals surface area contributed by atoms with Crippen LogP contribution in [0, 0.1) is 0 Å². The molecule has 0 bridgehead atoms. The Labute approximate surface area is 160 Å². The molecule has 0 unspecified atom stereocenters. The van der Waals surface area contributed by atoms with E-state index in [1.54, 1.807) is 36.4 Å². The number of hydrogen-bond acceptors (Lipinski definition) is 6. The van der Waals surface area contributed by atoms with Gasteiger partial charge in [0.15, 0.2) is 16.6 Å². The van der Waals surface area contributed by atoms with Crippen molar-refractivity contribution in [3.8, 4) is 17.2 Å². The van der Waals surface area contributed by atoms with E-state index < -0.39 is 11.8 Å². The predicted molar refractivity (Wildman–Crippen MR) is 104 cm³/mol. The Kier molecular flexibility index (Phi) is 5.09. The number of benzene rings is 2. The quantitative estimate of drug-likeness (QED) is 0.478. The van der Waals surface area contributed by atoms with Gasteiger partial charge in [-0.15, -0.1) is 0 Å². The summed E-state index contributed by atoms with van der Waals surface area (Å²) >= 11 is 5.15. The van der Waals surface area contributed by atoms with E-state index in [0.717, 1.165) is 0 Å². The molecule has 2 N–H and O–H groups in total. The molecule has 7 nitrogen and oxygen atoms in total. The fraction of sp³-hybridized carbons (Fsp3) is 0.105. The van der Waals surface area contributed by atoms with Crippen molar-refractivity contribution in [1.29, 1.82) is 0 Å². The van der Waals surface area contributed by atoms with E-state index in [4.69, 9.17) is 21.7 Å². The summed E-state index contributed by atoms with van der Waals surface area (Å²) in [6.07, 6.45) is 1.38. The lowest BCUT2D eigenvalue weighted by Gasteiger charge is -2.29. The Hall–Kier alpha value is -3.39. The van der Waals surface area contributed by atoms with Crippen molar-refractivity contribution in [3.05, 3.63) is 53.6 Å². The molecule has 138 valence electrons. The monoisotopic (exact) mass is 384 g/mol. The summed E-state index contributed by atoms with van der Waals surface area (Å²) in [5.74, 6) is -0.354. The summed E-state index contributed by atoms with van der Waals surface area (Å²) in [6.45, 7) is 0. The van der Waals surface area contributed by atoms with Crippen LogP contribution in [-0.4, -0.2) is 36.3 Å². The Balaban J connectivity index is 1.97. The van der Waals surface area contributed by atoms with Crippen LogP contribution in [-0.2, 0) is 9.59 Å². The Morgan fingerprint density at radius 2 is 1.78 bits per heavy atom. The number of nitrogens with one attached hydrogen (secondary N) is 1. The summed E-state index contributed by atoms with van der Waals surface area (Å²) in [5, 5.41) is 12.4. The molecule has 27 heavy (non-hydrogen) atoms. The lowest BCUT2D eigenvalue weighted by Crippen LogP contribution is -2.54. The van der Waals surface area contributed by atoms with Gasteiger partial charge >= 0.3 is 0 Å². The van der Waals surface area contributed by atoms with Crippen molar-refractivity contribution in [3.63, 3.8) is 0 Å². The molecule has 0 spiro atoms. The van der Waals surface area contributed by atoms with Crippen LogP contribution in [0.5, 0.6) is 17.2 Å². The highest BCUT2D eigenvalue weighted by molar-refractivity contribution is 7.80. The molecule has 8 heteroatoms. The standard InChI is InChI=1S/C19H16N2O5S/c1-25-13-6-4-12(5-7-13)21-18(24)14(17(23)20-19(21)27)9-11-3-8-16(26-2)15(22)10-11/h3-10,22H,1-2H3,(H,20,23,27)/b14-9-. The SMILES string of the molecule is COc1ccc(N2C(=O)/C(=C\c3ccc(OC)c(O)c3)C(=O)NC2=S)cc1. The maximum Gasteiger partial charge on any atom is 0.270 e. The van der Waals surface area contributed by atoms with Gasteiger partial charge < -0.3 is 14.6 Å². The lowest BCUT2D eigenvalue weighted by molar-refractivity contribution is -0.122. The first kappa shape index (κ1) is 18.4. The Morgan fingerprint density at radius 1 is 1.07 bits per heavy atom. The molecule has 0 radical (unpaired) electrons. The van der Waals surface area contributed by atoms with Gasteiger partial charge in [0.2, 0.25) is 0 Å². The minimum atomic E-state index is -0.606. The third-order valence-electron chi connectivity index (χ3n) is 3.95. The third kappa shape index (κ3) is 3.61. The highest BCUT2D eigenvalue weighted by Crippen LogP contribution is 2.28. The molecule has 2 aromatic carbocycles. The van der Waals surface area contributed by atoms with Gasteiger partial charge in [0, 0.05) is 0 Å². The minimum absolute atomic E-state index is 0.00936. The molecule has 3 rings (SSSR count). The molecule has 0 saturated carbocycles. The van der Waals surface area contributed by atoms with Crippen LogP contribution in [0.2, 0.25) is 0 Å². The average molecular weight is 384 g/mol. The largest absolute Gasteiger partial charge is 0.504 e. The predicted octanol–water partition coefficient (Wildman–Crippen LogP) is 2.24. The van der Waals surface area contributed by atoms with Crippen molar-refractivity contribution in [2.75, 3.05) is 19.1 Å². The smallest absolute Gasteiger partial charge is 0.270 e. The summed E-state index contributed by atoms with van der Waals surface area (Å²) in [7, 11) is 2.97. The van der Waals surface area contributed by atoms with Gasteiger partial charge in [-0.2, -0.15) is 0 Å². The zero-order valence-electron chi connectivity index (χ0n) is 14.6. The van der Waals surface area contributed by atoms with E-state index in [1.807, 2.05) is 0 Å². The second-order valence-corrected chi connectivity index (χ2v) is 5.97. The molecule has 2 aromatic rings. The molecule has 0 aromatic heterocycles. The fourth-order valence-corrected chi connectivity index (χ4v) is 2.87. The van der Waals surface area contributed by atoms with Gasteiger partial charge in [0.1, 0.15) is 11.3 Å². The third-order valence-corrected chi connectivity index (χ3v) is 4.23. The van der Waals surface area contributed by atoms with E-state index in [1.165, 1.54) is 31.3 Å². The number of ether oxygens (including phenoxy) is 2. The van der Waals surface area contributed by atoms with Crippen LogP contribution in [0.25, 0.3) is 6.08 Å². The summed E-state index contributed by atoms with van der Waals surface area (Å²) < 4.78 is 10.1. The van der Waals surface area contributed by atoms with Crippen molar-refractivity contribution in [2.45, 2.75) is 0 Å². The van der Waals surface area contributed by atoms with Crippen LogP contribution in [0.4, 0.5) is 5.69 Å². The molecule has 2 amide bonds. The maximum atomic E-state index is 12.9. The lowest BCUT2D eigenvalue weighted by atomic mass is 10.1. The molecular weight excluding hydrogens is 368 g/mol. The topological polar surface area (TPSA) is 88.1 Å². The van der Waals surface area contributed by atoms with E-state index in [-0.39, 0.29) is 22.2 Å². The minimum Gasteiger partial charge on any atom is -0.504 e. The second kappa shape index (κ2) is 7.46. The maximum absolute atomic E-state index is 12.9. The molecule has 1 fully saturated rings. The molecule has 0 atom stereocenters. The number of carbonyl (C=O) groups is 2. The van der Waals surface area contributed by atoms with Gasteiger partial charge in [-0.05, 0) is 60.3 Å². The van der Waals surface area contributed by atoms with Crippen LogP contribution in [0.15, 0.2) is 48.0 Å². The van der Waals surface area contributed by atoms with Crippen LogP contribution < -0.4 is 19.7 Å². The number of amides is 2. The van der Waals surface area contributed by atoms with Gasteiger partial charge in [0.25, 0.3) is 11.8 Å². The Morgan fingerprint density at radius 3 is 2.37 bits per heavy atom.